The van der Waals surface area contributed by atoms with E-state index in [0.717, 1.165) is 11.1 Å². The zero-order valence-electron chi connectivity index (χ0n) is 18.7. The second-order valence-electron chi connectivity index (χ2n) is 8.15. The van der Waals surface area contributed by atoms with Crippen LogP contribution in [0, 0.1) is 6.92 Å². The molecule has 4 rings (SSSR count). The number of carbonyl (C=O) groups is 1. The number of nitrogens with zero attached hydrogens (tertiary/aromatic N) is 2. The smallest absolute Gasteiger partial charge is 0.259 e. The summed E-state index contributed by atoms with van der Waals surface area (Å²) in [6, 6.07) is 13.5. The highest BCUT2D eigenvalue weighted by Gasteiger charge is 2.47. The standard InChI is InChI=1S/C25H27ClN2O4/c1-5-31-25(20-9-7-6-8-16(20)2)13-17(3)28(15-25)24(29)19-14-32-27-23(19)18-10-11-22(30-4)21(26)12-18/h6-12,14,17H,5,13,15H2,1-4H3. The molecule has 0 saturated carbocycles. The molecule has 1 aliphatic rings. The largest absolute Gasteiger partial charge is 0.495 e. The molecular formula is C25H27ClN2O4. The van der Waals surface area contributed by atoms with Crippen molar-refractivity contribution in [2.24, 2.45) is 0 Å². The molecule has 32 heavy (non-hydrogen) atoms. The van der Waals surface area contributed by atoms with Gasteiger partial charge in [-0.2, -0.15) is 0 Å². The summed E-state index contributed by atoms with van der Waals surface area (Å²) in [7, 11) is 1.56. The Hall–Kier alpha value is -2.83. The summed E-state index contributed by atoms with van der Waals surface area (Å²) in [6.07, 6.45) is 2.11. The van der Waals surface area contributed by atoms with Gasteiger partial charge in [-0.05, 0) is 50.1 Å². The number of methoxy groups -OCH3 is 1. The third-order valence-corrected chi connectivity index (χ3v) is 6.42. The number of carbonyl (C=O) groups excluding carboxylic acids is 1. The highest BCUT2D eigenvalue weighted by Crippen LogP contribution is 2.42. The summed E-state index contributed by atoms with van der Waals surface area (Å²) in [4.78, 5) is 15.5. The number of aromatic nitrogens is 1. The summed E-state index contributed by atoms with van der Waals surface area (Å²) >= 11 is 6.29. The minimum atomic E-state index is -0.546. The number of hydrogen-bond donors (Lipinski definition) is 0. The molecule has 2 aromatic carbocycles. The Kier molecular flexibility index (Phi) is 6.26. The van der Waals surface area contributed by atoms with Crippen LogP contribution in [0.4, 0.5) is 0 Å². The Labute approximate surface area is 193 Å². The topological polar surface area (TPSA) is 64.8 Å². The lowest BCUT2D eigenvalue weighted by atomic mass is 9.88. The molecule has 7 heteroatoms. The van der Waals surface area contributed by atoms with Gasteiger partial charge in [-0.25, -0.2) is 0 Å². The van der Waals surface area contributed by atoms with Gasteiger partial charge in [0.15, 0.2) is 0 Å². The van der Waals surface area contributed by atoms with E-state index in [1.165, 1.54) is 6.26 Å². The van der Waals surface area contributed by atoms with Crippen molar-refractivity contribution in [1.29, 1.82) is 0 Å². The Morgan fingerprint density at radius 1 is 1.31 bits per heavy atom. The molecule has 3 aromatic rings. The predicted octanol–water partition coefficient (Wildman–Crippen LogP) is 5.48. The van der Waals surface area contributed by atoms with Crippen molar-refractivity contribution in [1.82, 2.24) is 10.1 Å². The lowest BCUT2D eigenvalue weighted by Gasteiger charge is -2.31. The van der Waals surface area contributed by atoms with E-state index in [2.05, 4.69) is 24.2 Å². The quantitative estimate of drug-likeness (QED) is 0.493. The van der Waals surface area contributed by atoms with Crippen molar-refractivity contribution in [3.63, 3.8) is 0 Å². The van der Waals surface area contributed by atoms with Crippen LogP contribution in [-0.2, 0) is 10.3 Å². The van der Waals surface area contributed by atoms with Crippen LogP contribution >= 0.6 is 11.6 Å². The molecule has 0 aliphatic carbocycles. The Bertz CT molecular complexity index is 1130. The number of halogens is 1. The highest BCUT2D eigenvalue weighted by molar-refractivity contribution is 6.32. The van der Waals surface area contributed by atoms with Crippen molar-refractivity contribution in [3.8, 4) is 17.0 Å². The first-order chi connectivity index (χ1) is 15.4. The molecule has 0 bridgehead atoms. The summed E-state index contributed by atoms with van der Waals surface area (Å²) in [5.74, 6) is 0.413. The second kappa shape index (κ2) is 8.96. The fraction of sp³-hybridized carbons (Fsp3) is 0.360. The van der Waals surface area contributed by atoms with Gasteiger partial charge in [0.2, 0.25) is 0 Å². The summed E-state index contributed by atoms with van der Waals surface area (Å²) in [5.41, 5.74) is 3.27. The maximum atomic E-state index is 13.6. The maximum Gasteiger partial charge on any atom is 0.259 e. The van der Waals surface area contributed by atoms with Crippen LogP contribution in [0.25, 0.3) is 11.3 Å². The number of rotatable bonds is 6. The van der Waals surface area contributed by atoms with Crippen molar-refractivity contribution in [2.45, 2.75) is 38.8 Å². The molecule has 2 unspecified atom stereocenters. The van der Waals surface area contributed by atoms with Gasteiger partial charge in [-0.1, -0.05) is 41.0 Å². The van der Waals surface area contributed by atoms with Crippen LogP contribution in [-0.4, -0.2) is 42.3 Å². The first kappa shape index (κ1) is 22.4. The van der Waals surface area contributed by atoms with Gasteiger partial charge in [-0.3, -0.25) is 4.79 Å². The van der Waals surface area contributed by atoms with Crippen LogP contribution < -0.4 is 4.74 Å². The van der Waals surface area contributed by atoms with Crippen molar-refractivity contribution in [3.05, 3.63) is 70.4 Å². The van der Waals surface area contributed by atoms with Gasteiger partial charge >= 0.3 is 0 Å². The molecule has 168 valence electrons. The second-order valence-corrected chi connectivity index (χ2v) is 8.56. The monoisotopic (exact) mass is 454 g/mol. The molecule has 1 saturated heterocycles. The van der Waals surface area contributed by atoms with Crippen LogP contribution in [0.1, 0.15) is 41.8 Å². The summed E-state index contributed by atoms with van der Waals surface area (Å²) in [6.45, 7) is 7.14. The molecule has 2 atom stereocenters. The fourth-order valence-electron chi connectivity index (χ4n) is 4.66. The van der Waals surface area contributed by atoms with Crippen LogP contribution in [0.2, 0.25) is 5.02 Å². The lowest BCUT2D eigenvalue weighted by Crippen LogP contribution is -2.38. The van der Waals surface area contributed by atoms with Gasteiger partial charge in [0.1, 0.15) is 28.9 Å². The van der Waals surface area contributed by atoms with Gasteiger partial charge in [0.25, 0.3) is 5.91 Å². The van der Waals surface area contributed by atoms with Crippen LogP contribution in [0.15, 0.2) is 53.3 Å². The van der Waals surface area contributed by atoms with Gasteiger partial charge in [0.05, 0.1) is 18.7 Å². The first-order valence-electron chi connectivity index (χ1n) is 10.7. The molecule has 1 amide bonds. The van der Waals surface area contributed by atoms with E-state index in [1.807, 2.05) is 36.9 Å². The molecule has 0 radical (unpaired) electrons. The number of likely N-dealkylation sites (tertiary alicyclic amines) is 1. The molecular weight excluding hydrogens is 428 g/mol. The molecule has 2 heterocycles. The zero-order valence-corrected chi connectivity index (χ0v) is 19.5. The molecule has 6 nitrogen and oxygen atoms in total. The van der Waals surface area contributed by atoms with Crippen molar-refractivity contribution >= 4 is 17.5 Å². The predicted molar refractivity (Wildman–Crippen MR) is 123 cm³/mol. The lowest BCUT2D eigenvalue weighted by molar-refractivity contribution is -0.0353. The average molecular weight is 455 g/mol. The maximum absolute atomic E-state index is 13.6. The Balaban J connectivity index is 1.67. The number of ether oxygens (including phenoxy) is 2. The van der Waals surface area contributed by atoms with Crippen LogP contribution in [0.3, 0.4) is 0 Å². The van der Waals surface area contributed by atoms with Gasteiger partial charge < -0.3 is 18.9 Å². The fourth-order valence-corrected chi connectivity index (χ4v) is 4.92. The van der Waals surface area contributed by atoms with E-state index in [0.29, 0.717) is 47.2 Å². The molecule has 1 aliphatic heterocycles. The third kappa shape index (κ3) is 3.89. The van der Waals surface area contributed by atoms with E-state index < -0.39 is 5.60 Å². The van der Waals surface area contributed by atoms with E-state index >= 15 is 0 Å². The average Bonchev–Trinajstić information content (AvgIpc) is 3.39. The zero-order chi connectivity index (χ0) is 22.9. The van der Waals surface area contributed by atoms with Gasteiger partial charge in [-0.15, -0.1) is 0 Å². The minimum absolute atomic E-state index is 0.0177. The number of hydrogen-bond acceptors (Lipinski definition) is 5. The van der Waals surface area contributed by atoms with Crippen molar-refractivity contribution in [2.75, 3.05) is 20.3 Å². The molecule has 0 N–H and O–H groups in total. The van der Waals surface area contributed by atoms with E-state index in [9.17, 15) is 4.79 Å². The highest BCUT2D eigenvalue weighted by atomic mass is 35.5. The summed E-state index contributed by atoms with van der Waals surface area (Å²) < 4.78 is 16.8. The third-order valence-electron chi connectivity index (χ3n) is 6.13. The molecule has 1 fully saturated rings. The van der Waals surface area contributed by atoms with E-state index in [4.69, 9.17) is 25.6 Å². The number of amides is 1. The normalized spacial score (nSPS) is 20.5. The van der Waals surface area contributed by atoms with Crippen molar-refractivity contribution < 1.29 is 18.8 Å². The van der Waals surface area contributed by atoms with Gasteiger partial charge in [0, 0.05) is 24.6 Å². The minimum Gasteiger partial charge on any atom is -0.495 e. The first-order valence-corrected chi connectivity index (χ1v) is 11.1. The van der Waals surface area contributed by atoms with Crippen LogP contribution in [0.5, 0.6) is 5.75 Å². The summed E-state index contributed by atoms with van der Waals surface area (Å²) in [5, 5.41) is 4.53. The SMILES string of the molecule is CCOC1(c2ccccc2C)CC(C)N(C(=O)c2conc2-c2ccc(OC)c(Cl)c2)C1. The van der Waals surface area contributed by atoms with E-state index in [1.54, 1.807) is 19.2 Å². The number of benzene rings is 2. The molecule has 0 spiro atoms. The Morgan fingerprint density at radius 3 is 2.78 bits per heavy atom. The van der Waals surface area contributed by atoms with E-state index in [-0.39, 0.29) is 11.9 Å². The molecule has 1 aromatic heterocycles. The number of aryl methyl sites for hydroxylation is 1. The Morgan fingerprint density at radius 2 is 2.09 bits per heavy atom.